The van der Waals surface area contributed by atoms with Crippen LogP contribution in [0.3, 0.4) is 0 Å². The molecule has 0 aliphatic carbocycles. The fourth-order valence-corrected chi connectivity index (χ4v) is 2.44. The minimum absolute atomic E-state index is 0.111. The van der Waals surface area contributed by atoms with Crippen molar-refractivity contribution in [3.63, 3.8) is 0 Å². The molecule has 0 spiro atoms. The van der Waals surface area contributed by atoms with Gasteiger partial charge in [0.05, 0.1) is 0 Å². The third-order valence-corrected chi connectivity index (χ3v) is 3.81. The second-order valence-electron chi connectivity index (χ2n) is 4.33. The second kappa shape index (κ2) is 5.32. The van der Waals surface area contributed by atoms with Crippen molar-refractivity contribution in [2.45, 2.75) is 5.91 Å². The van der Waals surface area contributed by atoms with E-state index in [1.807, 2.05) is 0 Å². The Hall–Kier alpha value is -1.75. The standard InChI is InChI=1S/C13H13FNO4P/c1-15-13(16)10-5-3-8-2-4-9(6-11(8)7-10)12(14)20(17,18)19/h2-7,12H,1H3,(H,15,16)(H2,17,18,19). The average molecular weight is 297 g/mol. The van der Waals surface area contributed by atoms with Crippen molar-refractivity contribution in [3.05, 3.63) is 47.5 Å². The number of rotatable bonds is 3. The Kier molecular flexibility index (Phi) is 3.90. The number of nitrogens with one attached hydrogen (secondary N) is 1. The summed E-state index contributed by atoms with van der Waals surface area (Å²) in [6.45, 7) is 0. The Balaban J connectivity index is 2.52. The van der Waals surface area contributed by atoms with Crippen LogP contribution in [0.1, 0.15) is 21.8 Å². The summed E-state index contributed by atoms with van der Waals surface area (Å²) < 4.78 is 24.6. The minimum atomic E-state index is -4.84. The molecule has 2 rings (SSSR count). The normalized spacial score (nSPS) is 13.2. The largest absolute Gasteiger partial charge is 0.363 e. The molecule has 20 heavy (non-hydrogen) atoms. The fraction of sp³-hybridized carbons (Fsp3) is 0.154. The number of alkyl halides is 1. The zero-order chi connectivity index (χ0) is 14.9. The Morgan fingerprint density at radius 1 is 1.20 bits per heavy atom. The van der Waals surface area contributed by atoms with Gasteiger partial charge in [-0.3, -0.25) is 9.36 Å². The highest BCUT2D eigenvalue weighted by molar-refractivity contribution is 7.51. The van der Waals surface area contributed by atoms with E-state index in [0.717, 1.165) is 5.39 Å². The average Bonchev–Trinajstić information content (AvgIpc) is 2.43. The van der Waals surface area contributed by atoms with Crippen LogP contribution in [0, 0.1) is 0 Å². The fourth-order valence-electron chi connectivity index (χ4n) is 1.89. The van der Waals surface area contributed by atoms with Crippen LogP contribution in [0.5, 0.6) is 0 Å². The molecule has 1 unspecified atom stereocenters. The molecule has 5 nitrogen and oxygen atoms in total. The van der Waals surface area contributed by atoms with E-state index in [0.29, 0.717) is 10.9 Å². The first-order chi connectivity index (χ1) is 9.32. The zero-order valence-electron chi connectivity index (χ0n) is 10.6. The van der Waals surface area contributed by atoms with Gasteiger partial charge in [0.2, 0.25) is 5.91 Å². The molecular formula is C13H13FNO4P. The quantitative estimate of drug-likeness (QED) is 0.759. The molecule has 0 aliphatic heterocycles. The van der Waals surface area contributed by atoms with Crippen LogP contribution >= 0.6 is 7.60 Å². The topological polar surface area (TPSA) is 86.6 Å². The number of hydrogen-bond donors (Lipinski definition) is 3. The Morgan fingerprint density at radius 2 is 1.85 bits per heavy atom. The molecular weight excluding hydrogens is 284 g/mol. The van der Waals surface area contributed by atoms with E-state index in [2.05, 4.69) is 5.32 Å². The van der Waals surface area contributed by atoms with Crippen molar-refractivity contribution in [2.75, 3.05) is 7.05 Å². The number of carbonyl (C=O) groups is 1. The van der Waals surface area contributed by atoms with Crippen molar-refractivity contribution in [3.8, 4) is 0 Å². The maximum Gasteiger partial charge on any atom is 0.363 e. The summed E-state index contributed by atoms with van der Waals surface area (Å²) in [7, 11) is -3.34. The molecule has 0 saturated carbocycles. The van der Waals surface area contributed by atoms with Gasteiger partial charge in [0.25, 0.3) is 5.91 Å². The van der Waals surface area contributed by atoms with Crippen LogP contribution in [0.15, 0.2) is 36.4 Å². The van der Waals surface area contributed by atoms with E-state index in [-0.39, 0.29) is 11.5 Å². The first-order valence-corrected chi connectivity index (χ1v) is 7.46. The Bertz CT molecular complexity index is 713. The van der Waals surface area contributed by atoms with Crippen LogP contribution < -0.4 is 5.32 Å². The maximum absolute atomic E-state index is 13.7. The van der Waals surface area contributed by atoms with Gasteiger partial charge in [-0.15, -0.1) is 0 Å². The third kappa shape index (κ3) is 2.88. The molecule has 0 aromatic heterocycles. The van der Waals surface area contributed by atoms with Crippen LogP contribution in [0.2, 0.25) is 0 Å². The summed E-state index contributed by atoms with van der Waals surface area (Å²) in [6.07, 6.45) is 0. The van der Waals surface area contributed by atoms with E-state index >= 15 is 0 Å². The zero-order valence-corrected chi connectivity index (χ0v) is 11.5. The van der Waals surface area contributed by atoms with Crippen LogP contribution in [-0.4, -0.2) is 22.7 Å². The van der Waals surface area contributed by atoms with Crippen molar-refractivity contribution >= 4 is 24.3 Å². The molecule has 0 heterocycles. The molecule has 0 aliphatic rings. The number of halogens is 1. The lowest BCUT2D eigenvalue weighted by atomic mass is 10.0. The van der Waals surface area contributed by atoms with Crippen molar-refractivity contribution in [2.24, 2.45) is 0 Å². The first-order valence-electron chi connectivity index (χ1n) is 5.78. The molecule has 0 fully saturated rings. The lowest BCUT2D eigenvalue weighted by Gasteiger charge is -2.11. The molecule has 2 aromatic carbocycles. The number of fused-ring (bicyclic) bond motifs is 1. The van der Waals surface area contributed by atoms with Crippen LogP contribution in [0.4, 0.5) is 4.39 Å². The van der Waals surface area contributed by atoms with E-state index < -0.39 is 13.5 Å². The number of amides is 1. The van der Waals surface area contributed by atoms with Gasteiger partial charge in [-0.1, -0.05) is 18.2 Å². The third-order valence-electron chi connectivity index (χ3n) is 2.92. The minimum Gasteiger partial charge on any atom is -0.355 e. The van der Waals surface area contributed by atoms with E-state index in [9.17, 15) is 13.8 Å². The van der Waals surface area contributed by atoms with Gasteiger partial charge in [0, 0.05) is 12.6 Å². The smallest absolute Gasteiger partial charge is 0.355 e. The summed E-state index contributed by atoms with van der Waals surface area (Å²) in [4.78, 5) is 29.3. The Labute approximate surface area is 114 Å². The molecule has 1 atom stereocenters. The van der Waals surface area contributed by atoms with Crippen molar-refractivity contribution < 1.29 is 23.5 Å². The first kappa shape index (κ1) is 14.7. The highest BCUT2D eigenvalue weighted by atomic mass is 31.2. The van der Waals surface area contributed by atoms with Gasteiger partial charge >= 0.3 is 7.60 Å². The molecule has 7 heteroatoms. The summed E-state index contributed by atoms with van der Waals surface area (Å²) in [5.41, 5.74) is 0.281. The van der Waals surface area contributed by atoms with Crippen LogP contribution in [0.25, 0.3) is 10.8 Å². The van der Waals surface area contributed by atoms with Gasteiger partial charge < -0.3 is 15.1 Å². The predicted octanol–water partition coefficient (Wildman–Crippen LogP) is 2.35. The highest BCUT2D eigenvalue weighted by Gasteiger charge is 2.30. The molecule has 106 valence electrons. The van der Waals surface area contributed by atoms with Crippen molar-refractivity contribution in [1.29, 1.82) is 0 Å². The molecule has 0 saturated heterocycles. The van der Waals surface area contributed by atoms with Crippen LogP contribution in [-0.2, 0) is 4.57 Å². The summed E-state index contributed by atoms with van der Waals surface area (Å²) >= 11 is 0. The van der Waals surface area contributed by atoms with E-state index in [4.69, 9.17) is 9.79 Å². The van der Waals surface area contributed by atoms with E-state index in [1.165, 1.54) is 19.2 Å². The molecule has 3 N–H and O–H groups in total. The van der Waals surface area contributed by atoms with Gasteiger partial charge in [-0.05, 0) is 34.5 Å². The lowest BCUT2D eigenvalue weighted by Crippen LogP contribution is -2.17. The Morgan fingerprint density at radius 3 is 2.45 bits per heavy atom. The van der Waals surface area contributed by atoms with E-state index in [1.54, 1.807) is 24.3 Å². The van der Waals surface area contributed by atoms with Gasteiger partial charge in [0.1, 0.15) is 0 Å². The molecule has 1 amide bonds. The summed E-state index contributed by atoms with van der Waals surface area (Å²) in [5.74, 6) is -2.65. The lowest BCUT2D eigenvalue weighted by molar-refractivity contribution is 0.0963. The predicted molar refractivity (Wildman–Crippen MR) is 73.2 cm³/mol. The monoisotopic (exact) mass is 297 g/mol. The van der Waals surface area contributed by atoms with Gasteiger partial charge in [-0.2, -0.15) is 0 Å². The van der Waals surface area contributed by atoms with Gasteiger partial charge in [0.15, 0.2) is 0 Å². The number of hydrogen-bond acceptors (Lipinski definition) is 2. The highest BCUT2D eigenvalue weighted by Crippen LogP contribution is 2.52. The summed E-state index contributed by atoms with van der Waals surface area (Å²) in [6, 6.07) is 9.08. The number of benzene rings is 2. The SMILES string of the molecule is CNC(=O)c1ccc2ccc(C(F)P(=O)(O)O)cc2c1. The number of carbonyl (C=O) groups excluding carboxylic acids is 1. The van der Waals surface area contributed by atoms with Crippen molar-refractivity contribution in [1.82, 2.24) is 5.32 Å². The van der Waals surface area contributed by atoms with Gasteiger partial charge in [-0.25, -0.2) is 4.39 Å². The maximum atomic E-state index is 13.7. The molecule has 0 radical (unpaired) electrons. The summed E-state index contributed by atoms with van der Waals surface area (Å²) in [5, 5.41) is 3.76. The molecule has 2 aromatic rings. The molecule has 0 bridgehead atoms. The second-order valence-corrected chi connectivity index (χ2v) is 5.96.